The van der Waals surface area contributed by atoms with Gasteiger partial charge in [0.2, 0.25) is 0 Å². The molecule has 5 nitrogen and oxygen atoms in total. The molecule has 1 amide bonds. The van der Waals surface area contributed by atoms with Gasteiger partial charge in [0, 0.05) is 25.2 Å². The normalized spacial score (nSPS) is 17.9. The fraction of sp³-hybridized carbons (Fsp3) is 0.933. The van der Waals surface area contributed by atoms with Crippen molar-refractivity contribution in [1.82, 2.24) is 9.96 Å². The number of rotatable bonds is 4. The minimum atomic E-state index is -0.427. The van der Waals surface area contributed by atoms with Crippen molar-refractivity contribution in [3.05, 3.63) is 0 Å². The third-order valence-electron chi connectivity index (χ3n) is 3.26. The predicted molar refractivity (Wildman–Crippen MR) is 79.4 cm³/mol. The summed E-state index contributed by atoms with van der Waals surface area (Å²) in [5.41, 5.74) is -0.427. The largest absolute Gasteiger partial charge is 0.444 e. The average Bonchev–Trinajstić information content (AvgIpc) is 2.33. The standard InChI is InChI=1S/C15H30N2O3/c1-7-19-17(12(2)3)13-8-10-16(11-9-13)14(18)20-15(4,5)6/h12-13H,7-11H2,1-6H3. The van der Waals surface area contributed by atoms with E-state index in [9.17, 15) is 4.79 Å². The van der Waals surface area contributed by atoms with E-state index in [1.54, 1.807) is 4.90 Å². The second kappa shape index (κ2) is 7.27. The fourth-order valence-electron chi connectivity index (χ4n) is 2.45. The van der Waals surface area contributed by atoms with E-state index in [-0.39, 0.29) is 6.09 Å². The van der Waals surface area contributed by atoms with E-state index in [2.05, 4.69) is 18.9 Å². The molecule has 0 bridgehead atoms. The van der Waals surface area contributed by atoms with Gasteiger partial charge in [-0.3, -0.25) is 4.84 Å². The minimum Gasteiger partial charge on any atom is -0.444 e. The van der Waals surface area contributed by atoms with Crippen LogP contribution in [0.3, 0.4) is 0 Å². The number of amides is 1. The quantitative estimate of drug-likeness (QED) is 0.745. The number of likely N-dealkylation sites (tertiary alicyclic amines) is 1. The smallest absolute Gasteiger partial charge is 0.410 e. The Hall–Kier alpha value is -0.810. The molecule has 0 atom stereocenters. The van der Waals surface area contributed by atoms with Gasteiger partial charge in [0.25, 0.3) is 0 Å². The first-order valence-corrected chi connectivity index (χ1v) is 7.63. The van der Waals surface area contributed by atoms with Crippen LogP contribution in [0, 0.1) is 0 Å². The number of hydroxylamine groups is 2. The zero-order chi connectivity index (χ0) is 15.3. The summed E-state index contributed by atoms with van der Waals surface area (Å²) < 4.78 is 5.41. The molecule has 0 spiro atoms. The summed E-state index contributed by atoms with van der Waals surface area (Å²) in [6, 6.07) is 0.738. The zero-order valence-corrected chi connectivity index (χ0v) is 13.8. The summed E-state index contributed by atoms with van der Waals surface area (Å²) in [6.07, 6.45) is 1.65. The first-order chi connectivity index (χ1) is 9.24. The number of carbonyl (C=O) groups is 1. The van der Waals surface area contributed by atoms with Crippen molar-refractivity contribution in [2.75, 3.05) is 19.7 Å². The second-order valence-electron chi connectivity index (χ2n) is 6.57. The monoisotopic (exact) mass is 286 g/mol. The molecule has 20 heavy (non-hydrogen) atoms. The topological polar surface area (TPSA) is 42.0 Å². The van der Waals surface area contributed by atoms with Crippen molar-refractivity contribution in [3.63, 3.8) is 0 Å². The van der Waals surface area contributed by atoms with E-state index < -0.39 is 5.60 Å². The van der Waals surface area contributed by atoms with E-state index >= 15 is 0 Å². The molecule has 1 heterocycles. The third kappa shape index (κ3) is 5.29. The Balaban J connectivity index is 2.48. The molecule has 0 aromatic carbocycles. The highest BCUT2D eigenvalue weighted by Gasteiger charge is 2.30. The predicted octanol–water partition coefficient (Wildman–Crippen LogP) is 3.05. The lowest BCUT2D eigenvalue weighted by Gasteiger charge is -2.39. The Bertz CT molecular complexity index is 305. The summed E-state index contributed by atoms with van der Waals surface area (Å²) in [7, 11) is 0. The highest BCUT2D eigenvalue weighted by atomic mass is 16.7. The van der Waals surface area contributed by atoms with Gasteiger partial charge in [-0.2, -0.15) is 5.06 Å². The van der Waals surface area contributed by atoms with Crippen LogP contribution in [0.25, 0.3) is 0 Å². The first-order valence-electron chi connectivity index (χ1n) is 7.63. The molecule has 0 radical (unpaired) electrons. The van der Waals surface area contributed by atoms with Crippen molar-refractivity contribution in [2.24, 2.45) is 0 Å². The molecule has 0 aromatic heterocycles. The van der Waals surface area contributed by atoms with E-state index in [1.807, 2.05) is 27.7 Å². The molecule has 1 rings (SSSR count). The minimum absolute atomic E-state index is 0.205. The van der Waals surface area contributed by atoms with E-state index in [0.717, 1.165) is 25.9 Å². The maximum absolute atomic E-state index is 12.0. The SMILES string of the molecule is CCON(C(C)C)C1CCN(C(=O)OC(C)(C)C)CC1. The van der Waals surface area contributed by atoms with E-state index in [4.69, 9.17) is 9.57 Å². The van der Waals surface area contributed by atoms with Gasteiger partial charge < -0.3 is 9.64 Å². The third-order valence-corrected chi connectivity index (χ3v) is 3.26. The summed E-state index contributed by atoms with van der Waals surface area (Å²) in [4.78, 5) is 19.5. The lowest BCUT2D eigenvalue weighted by atomic mass is 10.0. The first kappa shape index (κ1) is 17.2. The van der Waals surface area contributed by atoms with Crippen molar-refractivity contribution in [1.29, 1.82) is 0 Å². The van der Waals surface area contributed by atoms with Crippen LogP contribution in [0.2, 0.25) is 0 Å². The number of hydrogen-bond donors (Lipinski definition) is 0. The van der Waals surface area contributed by atoms with Crippen LogP contribution < -0.4 is 0 Å². The number of nitrogens with zero attached hydrogens (tertiary/aromatic N) is 2. The second-order valence-corrected chi connectivity index (χ2v) is 6.57. The molecule has 5 heteroatoms. The van der Waals surface area contributed by atoms with E-state index in [0.29, 0.717) is 18.7 Å². The molecule has 1 aliphatic heterocycles. The van der Waals surface area contributed by atoms with Crippen LogP contribution in [-0.4, -0.2) is 53.4 Å². The summed E-state index contributed by atoms with van der Waals surface area (Å²) in [6.45, 7) is 14.1. The van der Waals surface area contributed by atoms with Gasteiger partial charge in [0.1, 0.15) is 5.60 Å². The molecule has 1 aliphatic rings. The maximum atomic E-state index is 12.0. The van der Waals surface area contributed by atoms with Gasteiger partial charge in [-0.25, -0.2) is 4.79 Å². The fourth-order valence-corrected chi connectivity index (χ4v) is 2.45. The van der Waals surface area contributed by atoms with Crippen LogP contribution in [0.15, 0.2) is 0 Å². The van der Waals surface area contributed by atoms with Crippen molar-refractivity contribution in [2.45, 2.75) is 72.1 Å². The lowest BCUT2D eigenvalue weighted by molar-refractivity contribution is -0.209. The van der Waals surface area contributed by atoms with Crippen molar-refractivity contribution in [3.8, 4) is 0 Å². The summed E-state index contributed by atoms with van der Waals surface area (Å²) in [5.74, 6) is 0. The highest BCUT2D eigenvalue weighted by molar-refractivity contribution is 5.68. The average molecular weight is 286 g/mol. The number of piperidine rings is 1. The molecular weight excluding hydrogens is 256 g/mol. The molecule has 1 saturated heterocycles. The number of carbonyl (C=O) groups excluding carboxylic acids is 1. The molecule has 0 aromatic rings. The van der Waals surface area contributed by atoms with Crippen molar-refractivity contribution < 1.29 is 14.4 Å². The van der Waals surface area contributed by atoms with Crippen LogP contribution in [0.1, 0.15) is 54.4 Å². The van der Waals surface area contributed by atoms with Crippen LogP contribution >= 0.6 is 0 Å². The molecular formula is C15H30N2O3. The molecule has 1 fully saturated rings. The lowest BCUT2D eigenvalue weighted by Crippen LogP contribution is -2.49. The Morgan fingerprint density at radius 1 is 1.30 bits per heavy atom. The Labute approximate surface area is 123 Å². The maximum Gasteiger partial charge on any atom is 0.410 e. The Morgan fingerprint density at radius 3 is 2.25 bits per heavy atom. The number of hydrogen-bond acceptors (Lipinski definition) is 4. The molecule has 0 aliphatic carbocycles. The van der Waals surface area contributed by atoms with Crippen LogP contribution in [0.5, 0.6) is 0 Å². The van der Waals surface area contributed by atoms with Crippen LogP contribution in [-0.2, 0) is 9.57 Å². The highest BCUT2D eigenvalue weighted by Crippen LogP contribution is 2.21. The Kier molecular flexibility index (Phi) is 6.27. The van der Waals surface area contributed by atoms with Gasteiger partial charge in [-0.05, 0) is 54.4 Å². The molecule has 0 N–H and O–H groups in total. The number of ether oxygens (including phenoxy) is 1. The van der Waals surface area contributed by atoms with Gasteiger partial charge in [0.15, 0.2) is 0 Å². The van der Waals surface area contributed by atoms with Gasteiger partial charge >= 0.3 is 6.09 Å². The van der Waals surface area contributed by atoms with Gasteiger partial charge in [-0.1, -0.05) is 0 Å². The molecule has 0 unspecified atom stereocenters. The molecule has 0 saturated carbocycles. The van der Waals surface area contributed by atoms with E-state index in [1.165, 1.54) is 0 Å². The zero-order valence-electron chi connectivity index (χ0n) is 13.8. The van der Waals surface area contributed by atoms with Gasteiger partial charge in [0.05, 0.1) is 6.61 Å². The van der Waals surface area contributed by atoms with Gasteiger partial charge in [-0.15, -0.1) is 0 Å². The summed E-state index contributed by atoms with van der Waals surface area (Å²) in [5, 5.41) is 2.08. The Morgan fingerprint density at radius 2 is 1.85 bits per heavy atom. The van der Waals surface area contributed by atoms with Crippen molar-refractivity contribution >= 4 is 6.09 Å². The summed E-state index contributed by atoms with van der Waals surface area (Å²) >= 11 is 0. The van der Waals surface area contributed by atoms with Crippen LogP contribution in [0.4, 0.5) is 4.79 Å². The molecule has 118 valence electrons.